The number of benzene rings is 2. The number of carbonyl (C=O) groups excluding carboxylic acids is 1. The second kappa shape index (κ2) is 10.1. The van der Waals surface area contributed by atoms with Crippen molar-refractivity contribution in [3.63, 3.8) is 0 Å². The average Bonchev–Trinajstić information content (AvgIpc) is 2.89. The fraction of sp³-hybridized carbons (Fsp3) is 0.409. The fourth-order valence-electron chi connectivity index (χ4n) is 3.43. The van der Waals surface area contributed by atoms with Crippen molar-refractivity contribution < 1.29 is 9.53 Å². The average molecular weight is 367 g/mol. The van der Waals surface area contributed by atoms with E-state index in [0.717, 1.165) is 50.6 Å². The third kappa shape index (κ3) is 6.08. The Hall–Kier alpha value is -2.37. The van der Waals surface area contributed by atoms with Gasteiger partial charge in [0.05, 0.1) is 18.8 Å². The third-order valence-electron chi connectivity index (χ3n) is 4.76. The van der Waals surface area contributed by atoms with Crippen LogP contribution in [-0.2, 0) is 11.3 Å². The maximum absolute atomic E-state index is 12.5. The van der Waals surface area contributed by atoms with E-state index < -0.39 is 0 Å². The second-order valence-corrected chi connectivity index (χ2v) is 6.87. The molecule has 1 amide bonds. The van der Waals surface area contributed by atoms with E-state index in [0.29, 0.717) is 13.2 Å². The van der Waals surface area contributed by atoms with E-state index in [9.17, 15) is 4.79 Å². The molecular weight excluding hydrogens is 338 g/mol. The minimum absolute atomic E-state index is 0.0127. The number of amides is 1. The van der Waals surface area contributed by atoms with E-state index in [1.165, 1.54) is 5.56 Å². The van der Waals surface area contributed by atoms with Crippen molar-refractivity contribution in [1.29, 1.82) is 0 Å². The first-order chi connectivity index (χ1) is 13.2. The Morgan fingerprint density at radius 1 is 0.963 bits per heavy atom. The molecule has 0 spiro atoms. The predicted octanol–water partition coefficient (Wildman–Crippen LogP) is 3.23. The lowest BCUT2D eigenvalue weighted by Gasteiger charge is -2.21. The van der Waals surface area contributed by atoms with Gasteiger partial charge in [0.1, 0.15) is 5.75 Å². The highest BCUT2D eigenvalue weighted by Crippen LogP contribution is 2.23. The summed E-state index contributed by atoms with van der Waals surface area (Å²) < 4.78 is 5.58. The smallest absolute Gasteiger partial charge is 0.238 e. The number of rotatable bonds is 7. The van der Waals surface area contributed by atoms with Gasteiger partial charge in [-0.05, 0) is 44.1 Å². The zero-order valence-electron chi connectivity index (χ0n) is 16.1. The van der Waals surface area contributed by atoms with Gasteiger partial charge in [0.25, 0.3) is 0 Å². The van der Waals surface area contributed by atoms with Gasteiger partial charge in [-0.2, -0.15) is 0 Å². The maximum atomic E-state index is 12.5. The van der Waals surface area contributed by atoms with Crippen LogP contribution in [0.25, 0.3) is 0 Å². The Labute approximate surface area is 161 Å². The van der Waals surface area contributed by atoms with Crippen molar-refractivity contribution in [2.24, 2.45) is 0 Å². The Morgan fingerprint density at radius 3 is 2.48 bits per heavy atom. The highest BCUT2D eigenvalue weighted by atomic mass is 16.5. The number of para-hydroxylation sites is 2. The third-order valence-corrected chi connectivity index (χ3v) is 4.76. The van der Waals surface area contributed by atoms with Gasteiger partial charge in [-0.3, -0.25) is 14.6 Å². The molecule has 5 nitrogen and oxygen atoms in total. The van der Waals surface area contributed by atoms with Crippen LogP contribution in [0.15, 0.2) is 54.6 Å². The predicted molar refractivity (Wildman–Crippen MR) is 109 cm³/mol. The lowest BCUT2D eigenvalue weighted by molar-refractivity contribution is -0.117. The molecule has 0 aromatic heterocycles. The molecule has 1 fully saturated rings. The van der Waals surface area contributed by atoms with Crippen LogP contribution >= 0.6 is 0 Å². The SMILES string of the molecule is CCOc1ccccc1NC(=O)CN1CCCN(Cc2ccccc2)CC1. The van der Waals surface area contributed by atoms with Crippen LogP contribution in [0, 0.1) is 0 Å². The van der Waals surface area contributed by atoms with Crippen molar-refractivity contribution in [3.05, 3.63) is 60.2 Å². The molecule has 1 saturated heterocycles. The lowest BCUT2D eigenvalue weighted by atomic mass is 10.2. The summed E-state index contributed by atoms with van der Waals surface area (Å²) in [5, 5.41) is 2.99. The summed E-state index contributed by atoms with van der Waals surface area (Å²) in [6.45, 7) is 7.83. The van der Waals surface area contributed by atoms with Gasteiger partial charge in [-0.25, -0.2) is 0 Å². The van der Waals surface area contributed by atoms with E-state index in [1.54, 1.807) is 0 Å². The molecule has 0 unspecified atom stereocenters. The van der Waals surface area contributed by atoms with Crippen LogP contribution < -0.4 is 10.1 Å². The van der Waals surface area contributed by atoms with Crippen molar-refractivity contribution in [2.45, 2.75) is 19.9 Å². The van der Waals surface area contributed by atoms with Gasteiger partial charge in [-0.1, -0.05) is 42.5 Å². The molecule has 0 radical (unpaired) electrons. The quantitative estimate of drug-likeness (QED) is 0.816. The van der Waals surface area contributed by atoms with Gasteiger partial charge in [0, 0.05) is 19.6 Å². The summed E-state index contributed by atoms with van der Waals surface area (Å²) in [6, 6.07) is 18.2. The minimum atomic E-state index is 0.0127. The summed E-state index contributed by atoms with van der Waals surface area (Å²) in [7, 11) is 0. The van der Waals surface area contributed by atoms with Crippen molar-refractivity contribution in [1.82, 2.24) is 9.80 Å². The molecule has 5 heteroatoms. The molecule has 1 aliphatic rings. The van der Waals surface area contributed by atoms with Gasteiger partial charge in [0.2, 0.25) is 5.91 Å². The topological polar surface area (TPSA) is 44.8 Å². The molecular formula is C22H29N3O2. The van der Waals surface area contributed by atoms with E-state index in [1.807, 2.05) is 31.2 Å². The number of hydrogen-bond acceptors (Lipinski definition) is 4. The molecule has 2 aromatic rings. The molecule has 1 N–H and O–H groups in total. The van der Waals surface area contributed by atoms with Crippen LogP contribution in [0.3, 0.4) is 0 Å². The molecule has 27 heavy (non-hydrogen) atoms. The number of ether oxygens (including phenoxy) is 1. The number of carbonyl (C=O) groups is 1. The van der Waals surface area contributed by atoms with Gasteiger partial charge < -0.3 is 10.1 Å². The zero-order chi connectivity index (χ0) is 18.9. The Balaban J connectivity index is 1.49. The largest absolute Gasteiger partial charge is 0.492 e. The van der Waals surface area contributed by atoms with Gasteiger partial charge in [0.15, 0.2) is 0 Å². The highest BCUT2D eigenvalue weighted by molar-refractivity contribution is 5.93. The summed E-state index contributed by atoms with van der Waals surface area (Å²) in [4.78, 5) is 17.2. The van der Waals surface area contributed by atoms with Gasteiger partial charge in [-0.15, -0.1) is 0 Å². The molecule has 144 valence electrons. The molecule has 0 saturated carbocycles. The van der Waals surface area contributed by atoms with Gasteiger partial charge >= 0.3 is 0 Å². The molecule has 0 bridgehead atoms. The first kappa shape index (κ1) is 19.4. The van der Waals surface area contributed by atoms with E-state index in [-0.39, 0.29) is 5.91 Å². The van der Waals surface area contributed by atoms with E-state index in [4.69, 9.17) is 4.74 Å². The monoisotopic (exact) mass is 367 g/mol. The Bertz CT molecular complexity index is 721. The van der Waals surface area contributed by atoms with Crippen LogP contribution in [-0.4, -0.2) is 55.0 Å². The molecule has 1 heterocycles. The molecule has 2 aromatic carbocycles. The fourth-order valence-corrected chi connectivity index (χ4v) is 3.43. The molecule has 1 aliphatic heterocycles. The maximum Gasteiger partial charge on any atom is 0.238 e. The molecule has 0 atom stereocenters. The molecule has 3 rings (SSSR count). The number of nitrogens with zero attached hydrogens (tertiary/aromatic N) is 2. The Morgan fingerprint density at radius 2 is 1.67 bits per heavy atom. The van der Waals surface area contributed by atoms with Crippen molar-refractivity contribution in [2.75, 3.05) is 44.6 Å². The van der Waals surface area contributed by atoms with Crippen LogP contribution in [0.4, 0.5) is 5.69 Å². The second-order valence-electron chi connectivity index (χ2n) is 6.87. The summed E-state index contributed by atoms with van der Waals surface area (Å²) in [5.74, 6) is 0.733. The first-order valence-corrected chi connectivity index (χ1v) is 9.75. The highest BCUT2D eigenvalue weighted by Gasteiger charge is 2.18. The summed E-state index contributed by atoms with van der Waals surface area (Å²) in [6.07, 6.45) is 1.08. The Kier molecular flexibility index (Phi) is 7.25. The summed E-state index contributed by atoms with van der Waals surface area (Å²) >= 11 is 0. The minimum Gasteiger partial charge on any atom is -0.492 e. The first-order valence-electron chi connectivity index (χ1n) is 9.75. The van der Waals surface area contributed by atoms with Crippen molar-refractivity contribution >= 4 is 11.6 Å². The van der Waals surface area contributed by atoms with E-state index >= 15 is 0 Å². The van der Waals surface area contributed by atoms with Crippen LogP contribution in [0.5, 0.6) is 5.75 Å². The number of hydrogen-bond donors (Lipinski definition) is 1. The van der Waals surface area contributed by atoms with Crippen molar-refractivity contribution in [3.8, 4) is 5.75 Å². The summed E-state index contributed by atoms with van der Waals surface area (Å²) in [5.41, 5.74) is 2.08. The zero-order valence-corrected chi connectivity index (χ0v) is 16.1. The standard InChI is InChI=1S/C22H29N3O2/c1-2-27-21-12-7-6-11-20(21)23-22(26)18-25-14-8-13-24(15-16-25)17-19-9-4-3-5-10-19/h3-7,9-12H,2,8,13-18H2,1H3,(H,23,26). The normalized spacial score (nSPS) is 15.9. The number of anilines is 1. The number of nitrogens with one attached hydrogen (secondary N) is 1. The van der Waals surface area contributed by atoms with Crippen LogP contribution in [0.1, 0.15) is 18.9 Å². The molecule has 0 aliphatic carbocycles. The lowest BCUT2D eigenvalue weighted by Crippen LogP contribution is -2.36. The van der Waals surface area contributed by atoms with E-state index in [2.05, 4.69) is 45.4 Å². The van der Waals surface area contributed by atoms with Crippen LogP contribution in [0.2, 0.25) is 0 Å².